The normalized spacial score (nSPS) is 16.7. The molecule has 6 heteroatoms. The van der Waals surface area contributed by atoms with Crippen LogP contribution in [0.15, 0.2) is 64.1 Å². The molecule has 1 aliphatic heterocycles. The Balaban J connectivity index is 1.79. The number of imide groups is 1. The highest BCUT2D eigenvalue weighted by Crippen LogP contribution is 2.35. The van der Waals surface area contributed by atoms with Crippen LogP contribution in [-0.4, -0.2) is 18.3 Å². The molecule has 0 radical (unpaired) electrons. The van der Waals surface area contributed by atoms with Crippen molar-refractivity contribution in [2.24, 2.45) is 0 Å². The number of amides is 2. The number of hydrogen-bond acceptors (Lipinski definition) is 5. The van der Waals surface area contributed by atoms with Crippen LogP contribution in [0.25, 0.3) is 6.08 Å². The summed E-state index contributed by atoms with van der Waals surface area (Å²) in [7, 11) is 1.56. The van der Waals surface area contributed by atoms with Crippen molar-refractivity contribution in [2.75, 3.05) is 12.0 Å². The fraction of sp³-hybridized carbons (Fsp3) is 0.0588. The second kappa shape index (κ2) is 6.58. The molecule has 0 unspecified atom stereocenters. The predicted octanol–water partition coefficient (Wildman–Crippen LogP) is 4.09. The van der Waals surface area contributed by atoms with Crippen LogP contribution in [0.3, 0.4) is 0 Å². The van der Waals surface area contributed by atoms with Gasteiger partial charge in [-0.25, -0.2) is 4.90 Å². The van der Waals surface area contributed by atoms with E-state index in [1.807, 2.05) is 0 Å². The number of rotatable bonds is 4. The molecule has 23 heavy (non-hydrogen) atoms. The van der Waals surface area contributed by atoms with Crippen molar-refractivity contribution in [2.45, 2.75) is 0 Å². The van der Waals surface area contributed by atoms with Crippen LogP contribution in [0.4, 0.5) is 10.5 Å². The lowest BCUT2D eigenvalue weighted by Gasteiger charge is -2.12. The highest BCUT2D eigenvalue weighted by Gasteiger charge is 2.35. The van der Waals surface area contributed by atoms with E-state index in [1.54, 1.807) is 68.0 Å². The maximum Gasteiger partial charge on any atom is 0.298 e. The van der Waals surface area contributed by atoms with Gasteiger partial charge in [-0.15, -0.1) is 0 Å². The number of methoxy groups -OCH3 is 1. The minimum absolute atomic E-state index is 0.321. The summed E-state index contributed by atoms with van der Waals surface area (Å²) in [6.45, 7) is 0. The summed E-state index contributed by atoms with van der Waals surface area (Å²) in [5.41, 5.74) is 0.520. The van der Waals surface area contributed by atoms with Gasteiger partial charge in [-0.3, -0.25) is 9.59 Å². The average molecular weight is 327 g/mol. The Hall–Kier alpha value is -2.73. The summed E-state index contributed by atoms with van der Waals surface area (Å²) in [6.07, 6.45) is 6.58. The molecule has 1 aromatic heterocycles. The average Bonchev–Trinajstić information content (AvgIpc) is 3.17. The summed E-state index contributed by atoms with van der Waals surface area (Å²) in [6, 6.07) is 10.3. The molecule has 3 rings (SSSR count). The van der Waals surface area contributed by atoms with E-state index < -0.39 is 0 Å². The van der Waals surface area contributed by atoms with E-state index in [9.17, 15) is 9.59 Å². The molecule has 1 aliphatic rings. The molecular formula is C17H13NO4S. The van der Waals surface area contributed by atoms with E-state index in [2.05, 4.69) is 0 Å². The predicted molar refractivity (Wildman–Crippen MR) is 89.3 cm³/mol. The Bertz CT molecular complexity index is 775. The van der Waals surface area contributed by atoms with Crippen LogP contribution in [0.2, 0.25) is 0 Å². The molecule has 0 spiro atoms. The molecule has 0 bridgehead atoms. The third kappa shape index (κ3) is 3.22. The number of allylic oxidation sites excluding steroid dienone is 2. The van der Waals surface area contributed by atoms with E-state index in [4.69, 9.17) is 9.15 Å². The largest absolute Gasteiger partial charge is 0.497 e. The quantitative estimate of drug-likeness (QED) is 0.792. The summed E-state index contributed by atoms with van der Waals surface area (Å²) in [5.74, 6) is 1.00. The highest BCUT2D eigenvalue weighted by molar-refractivity contribution is 8.18. The zero-order valence-electron chi connectivity index (χ0n) is 12.3. The number of benzene rings is 1. The maximum atomic E-state index is 12.4. The van der Waals surface area contributed by atoms with Gasteiger partial charge in [0.1, 0.15) is 11.5 Å². The molecule has 0 N–H and O–H groups in total. The van der Waals surface area contributed by atoms with Crippen LogP contribution in [-0.2, 0) is 4.79 Å². The maximum absolute atomic E-state index is 12.4. The lowest BCUT2D eigenvalue weighted by molar-refractivity contribution is -0.113. The molecule has 1 aromatic carbocycles. The SMILES string of the molecule is COc1ccc(N2C(=O)S/C(=C\C=C\c3ccco3)C2=O)cc1. The molecular weight excluding hydrogens is 314 g/mol. The first kappa shape index (κ1) is 15.2. The minimum Gasteiger partial charge on any atom is -0.497 e. The van der Waals surface area contributed by atoms with Gasteiger partial charge in [-0.1, -0.05) is 6.08 Å². The number of hydrogen-bond donors (Lipinski definition) is 0. The number of nitrogens with zero attached hydrogens (tertiary/aromatic N) is 1. The summed E-state index contributed by atoms with van der Waals surface area (Å²) >= 11 is 0.909. The van der Waals surface area contributed by atoms with E-state index in [-0.39, 0.29) is 11.1 Å². The van der Waals surface area contributed by atoms with Crippen molar-refractivity contribution in [1.82, 2.24) is 0 Å². The first-order valence-electron chi connectivity index (χ1n) is 6.81. The fourth-order valence-corrected chi connectivity index (χ4v) is 2.85. The number of furan rings is 1. The van der Waals surface area contributed by atoms with Gasteiger partial charge < -0.3 is 9.15 Å². The lowest BCUT2D eigenvalue weighted by atomic mass is 10.2. The molecule has 1 saturated heterocycles. The molecule has 2 amide bonds. The Morgan fingerprint density at radius 2 is 1.96 bits per heavy atom. The molecule has 116 valence electrons. The number of carbonyl (C=O) groups excluding carboxylic acids is 2. The molecule has 0 saturated carbocycles. The second-order valence-corrected chi connectivity index (χ2v) is 5.61. The van der Waals surface area contributed by atoms with Crippen molar-refractivity contribution in [3.05, 3.63) is 65.5 Å². The smallest absolute Gasteiger partial charge is 0.298 e. The summed E-state index contributed by atoms with van der Waals surface area (Å²) in [4.78, 5) is 26.0. The van der Waals surface area contributed by atoms with Gasteiger partial charge in [-0.05, 0) is 60.3 Å². The van der Waals surface area contributed by atoms with Crippen LogP contribution in [0.5, 0.6) is 5.75 Å². The van der Waals surface area contributed by atoms with Crippen LogP contribution in [0, 0.1) is 0 Å². The zero-order chi connectivity index (χ0) is 16.2. The van der Waals surface area contributed by atoms with E-state index >= 15 is 0 Å². The van der Waals surface area contributed by atoms with Crippen LogP contribution >= 0.6 is 11.8 Å². The molecule has 0 aliphatic carbocycles. The van der Waals surface area contributed by atoms with Crippen LogP contribution in [0.1, 0.15) is 5.76 Å². The minimum atomic E-state index is -0.339. The first-order valence-corrected chi connectivity index (χ1v) is 7.63. The molecule has 2 heterocycles. The van der Waals surface area contributed by atoms with E-state index in [1.165, 1.54) is 0 Å². The Kier molecular flexibility index (Phi) is 4.34. The fourth-order valence-electron chi connectivity index (χ4n) is 2.05. The standard InChI is InChI=1S/C17H13NO4S/c1-21-13-9-7-12(8-10-13)18-16(19)15(23-17(18)20)6-2-4-14-5-3-11-22-14/h2-11H,1H3/b4-2+,15-6-. The summed E-state index contributed by atoms with van der Waals surface area (Å²) in [5, 5.41) is -0.321. The number of anilines is 1. The lowest BCUT2D eigenvalue weighted by Crippen LogP contribution is -2.27. The summed E-state index contributed by atoms with van der Waals surface area (Å²) < 4.78 is 10.2. The second-order valence-electron chi connectivity index (χ2n) is 4.61. The van der Waals surface area contributed by atoms with Crippen molar-refractivity contribution in [1.29, 1.82) is 0 Å². The van der Waals surface area contributed by atoms with Crippen molar-refractivity contribution in [3.8, 4) is 5.75 Å². The molecule has 5 nitrogen and oxygen atoms in total. The van der Waals surface area contributed by atoms with Gasteiger partial charge in [0.2, 0.25) is 0 Å². The number of ether oxygens (including phenoxy) is 1. The molecule has 1 fully saturated rings. The van der Waals surface area contributed by atoms with Crippen LogP contribution < -0.4 is 9.64 Å². The van der Waals surface area contributed by atoms with E-state index in [0.717, 1.165) is 16.7 Å². The third-order valence-electron chi connectivity index (χ3n) is 3.18. The van der Waals surface area contributed by atoms with Gasteiger partial charge in [0.15, 0.2) is 0 Å². The van der Waals surface area contributed by atoms with Crippen molar-refractivity contribution >= 4 is 34.7 Å². The van der Waals surface area contributed by atoms with Crippen molar-refractivity contribution < 1.29 is 18.7 Å². The van der Waals surface area contributed by atoms with Gasteiger partial charge in [-0.2, -0.15) is 0 Å². The third-order valence-corrected chi connectivity index (χ3v) is 4.06. The molecule has 0 atom stereocenters. The van der Waals surface area contributed by atoms with Crippen molar-refractivity contribution in [3.63, 3.8) is 0 Å². The monoisotopic (exact) mass is 327 g/mol. The highest BCUT2D eigenvalue weighted by atomic mass is 32.2. The zero-order valence-corrected chi connectivity index (χ0v) is 13.1. The Labute approximate surface area is 137 Å². The van der Waals surface area contributed by atoms with Gasteiger partial charge in [0.05, 0.1) is 24.0 Å². The Morgan fingerprint density at radius 3 is 2.61 bits per heavy atom. The number of thioether (sulfide) groups is 1. The Morgan fingerprint density at radius 1 is 1.17 bits per heavy atom. The van der Waals surface area contributed by atoms with Gasteiger partial charge in [0.25, 0.3) is 11.1 Å². The topological polar surface area (TPSA) is 59.8 Å². The van der Waals surface area contributed by atoms with Gasteiger partial charge in [0, 0.05) is 0 Å². The first-order chi connectivity index (χ1) is 11.2. The van der Waals surface area contributed by atoms with E-state index in [0.29, 0.717) is 22.1 Å². The molecule has 2 aromatic rings. The van der Waals surface area contributed by atoms with Gasteiger partial charge >= 0.3 is 0 Å². The number of carbonyl (C=O) groups is 2.